The van der Waals surface area contributed by atoms with Gasteiger partial charge >= 0.3 is 0 Å². The summed E-state index contributed by atoms with van der Waals surface area (Å²) in [6.07, 6.45) is 2.00. The number of guanidine groups is 1. The van der Waals surface area contributed by atoms with Crippen molar-refractivity contribution in [2.24, 2.45) is 4.99 Å². The normalized spacial score (nSPS) is 18.3. The van der Waals surface area contributed by atoms with Gasteiger partial charge in [0.1, 0.15) is 5.76 Å². The predicted molar refractivity (Wildman–Crippen MR) is 98.4 cm³/mol. The minimum Gasteiger partial charge on any atom is -0.361 e. The van der Waals surface area contributed by atoms with Crippen molar-refractivity contribution >= 4 is 17.7 Å². The molecule has 1 aliphatic heterocycles. The van der Waals surface area contributed by atoms with Gasteiger partial charge in [0.25, 0.3) is 0 Å². The molecule has 2 rings (SSSR count). The van der Waals surface area contributed by atoms with E-state index in [4.69, 9.17) is 9.52 Å². The van der Waals surface area contributed by atoms with Crippen molar-refractivity contribution in [1.29, 1.82) is 0 Å². The first-order valence-electron chi connectivity index (χ1n) is 8.52. The summed E-state index contributed by atoms with van der Waals surface area (Å²) in [4.78, 5) is 7.23. The fourth-order valence-electron chi connectivity index (χ4n) is 2.92. The Bertz CT molecular complexity index is 519. The third-order valence-corrected chi connectivity index (χ3v) is 5.39. The zero-order chi connectivity index (χ0) is 16.9. The molecule has 130 valence electrons. The van der Waals surface area contributed by atoms with Crippen molar-refractivity contribution < 1.29 is 4.52 Å². The Kier molecular flexibility index (Phi) is 6.39. The molecule has 23 heavy (non-hydrogen) atoms. The molecule has 1 aromatic rings. The highest BCUT2D eigenvalue weighted by Gasteiger charge is 2.28. The molecule has 2 heterocycles. The van der Waals surface area contributed by atoms with Gasteiger partial charge in [-0.2, -0.15) is 11.8 Å². The summed E-state index contributed by atoms with van der Waals surface area (Å²) in [5.41, 5.74) is 2.24. The molecular weight excluding hydrogens is 308 g/mol. The molecule has 0 radical (unpaired) electrons. The lowest BCUT2D eigenvalue weighted by Gasteiger charge is -2.39. The van der Waals surface area contributed by atoms with E-state index < -0.39 is 0 Å². The number of aliphatic imine (C=N–C) groups is 1. The molecule has 0 spiro atoms. The molecule has 6 heteroatoms. The van der Waals surface area contributed by atoms with Gasteiger partial charge in [-0.3, -0.25) is 4.99 Å². The molecule has 0 bridgehead atoms. The van der Waals surface area contributed by atoms with Crippen LogP contribution in [0.5, 0.6) is 0 Å². The van der Waals surface area contributed by atoms with E-state index in [2.05, 4.69) is 36.1 Å². The van der Waals surface area contributed by atoms with Gasteiger partial charge in [-0.05, 0) is 47.5 Å². The Hall–Kier alpha value is -1.17. The Morgan fingerprint density at radius 2 is 2.22 bits per heavy atom. The minimum atomic E-state index is 0.297. The van der Waals surface area contributed by atoms with Crippen molar-refractivity contribution in [3.05, 3.63) is 17.0 Å². The van der Waals surface area contributed by atoms with Crippen molar-refractivity contribution in [3.8, 4) is 0 Å². The van der Waals surface area contributed by atoms with E-state index in [1.54, 1.807) is 0 Å². The maximum Gasteiger partial charge on any atom is 0.193 e. The molecule has 0 amide bonds. The second kappa shape index (κ2) is 8.08. The second-order valence-corrected chi connectivity index (χ2v) is 8.47. The molecule has 0 aliphatic carbocycles. The summed E-state index contributed by atoms with van der Waals surface area (Å²) in [7, 11) is 0. The minimum absolute atomic E-state index is 0.297. The van der Waals surface area contributed by atoms with Gasteiger partial charge in [-0.25, -0.2) is 0 Å². The number of nitrogens with zero attached hydrogens (tertiary/aromatic N) is 3. The van der Waals surface area contributed by atoms with E-state index in [-0.39, 0.29) is 0 Å². The largest absolute Gasteiger partial charge is 0.361 e. The average molecular weight is 339 g/mol. The number of hydrogen-bond donors (Lipinski definition) is 1. The molecule has 1 saturated heterocycles. The maximum atomic E-state index is 5.22. The molecule has 1 fully saturated rings. The van der Waals surface area contributed by atoms with E-state index in [9.17, 15) is 0 Å². The molecule has 5 nitrogen and oxygen atoms in total. The van der Waals surface area contributed by atoms with Gasteiger partial charge in [0.2, 0.25) is 0 Å². The van der Waals surface area contributed by atoms with E-state index >= 15 is 0 Å². The van der Waals surface area contributed by atoms with Crippen molar-refractivity contribution in [2.75, 3.05) is 31.9 Å². The zero-order valence-electron chi connectivity index (χ0n) is 15.1. The van der Waals surface area contributed by atoms with Crippen LogP contribution in [0, 0.1) is 13.8 Å². The van der Waals surface area contributed by atoms with Crippen LogP contribution in [0.3, 0.4) is 0 Å². The van der Waals surface area contributed by atoms with Crippen LogP contribution in [-0.2, 0) is 6.42 Å². The lowest BCUT2D eigenvalue weighted by atomic mass is 10.1. The Morgan fingerprint density at radius 1 is 1.43 bits per heavy atom. The van der Waals surface area contributed by atoms with Crippen LogP contribution in [0.1, 0.15) is 44.2 Å². The fraction of sp³-hybridized carbons (Fsp3) is 0.765. The van der Waals surface area contributed by atoms with Crippen LogP contribution in [-0.4, -0.2) is 52.7 Å². The van der Waals surface area contributed by atoms with Gasteiger partial charge in [-0.15, -0.1) is 0 Å². The highest BCUT2D eigenvalue weighted by atomic mass is 32.2. The van der Waals surface area contributed by atoms with E-state index in [0.29, 0.717) is 4.75 Å². The lowest BCUT2D eigenvalue weighted by Crippen LogP contribution is -2.51. The van der Waals surface area contributed by atoms with Crippen molar-refractivity contribution in [3.63, 3.8) is 0 Å². The summed E-state index contributed by atoms with van der Waals surface area (Å²) in [6, 6.07) is 0. The first-order chi connectivity index (χ1) is 10.9. The molecule has 0 aromatic carbocycles. The Labute approximate surface area is 144 Å². The fourth-order valence-corrected chi connectivity index (χ4v) is 4.03. The van der Waals surface area contributed by atoms with Crippen molar-refractivity contribution in [1.82, 2.24) is 15.4 Å². The number of aryl methyl sites for hydroxylation is 2. The standard InChI is InChI=1S/C17H30N4OS/c1-6-18-16(21-10-11-23-17(4,5)12-21)19-9-7-8-15-13(2)20-22-14(15)3/h6-12H2,1-5H3,(H,18,19). The zero-order valence-corrected chi connectivity index (χ0v) is 15.9. The third-order valence-electron chi connectivity index (χ3n) is 4.09. The molecule has 1 aromatic heterocycles. The van der Waals surface area contributed by atoms with Crippen molar-refractivity contribution in [2.45, 2.75) is 52.2 Å². The summed E-state index contributed by atoms with van der Waals surface area (Å²) < 4.78 is 5.52. The lowest BCUT2D eigenvalue weighted by molar-refractivity contribution is 0.376. The predicted octanol–water partition coefficient (Wildman–Crippen LogP) is 3.02. The number of nitrogens with one attached hydrogen (secondary N) is 1. The topological polar surface area (TPSA) is 53.7 Å². The number of rotatable bonds is 5. The summed E-state index contributed by atoms with van der Waals surface area (Å²) in [5, 5.41) is 7.46. The quantitative estimate of drug-likeness (QED) is 0.508. The van der Waals surface area contributed by atoms with E-state index in [0.717, 1.165) is 62.2 Å². The summed E-state index contributed by atoms with van der Waals surface area (Å²) in [6.45, 7) is 14.6. The molecule has 0 saturated carbocycles. The second-order valence-electron chi connectivity index (χ2n) is 6.67. The van der Waals surface area contributed by atoms with Crippen LogP contribution >= 0.6 is 11.8 Å². The van der Waals surface area contributed by atoms with Gasteiger partial charge in [0.05, 0.1) is 5.69 Å². The van der Waals surface area contributed by atoms with Crippen LogP contribution in [0.4, 0.5) is 0 Å². The smallest absolute Gasteiger partial charge is 0.193 e. The van der Waals surface area contributed by atoms with E-state index in [1.807, 2.05) is 25.6 Å². The molecule has 1 N–H and O–H groups in total. The number of aromatic nitrogens is 1. The first kappa shape index (κ1) is 18.2. The summed E-state index contributed by atoms with van der Waals surface area (Å²) >= 11 is 2.05. The van der Waals surface area contributed by atoms with E-state index in [1.165, 1.54) is 5.56 Å². The average Bonchev–Trinajstić information content (AvgIpc) is 2.80. The monoisotopic (exact) mass is 338 g/mol. The first-order valence-corrected chi connectivity index (χ1v) is 9.50. The third kappa shape index (κ3) is 5.16. The summed E-state index contributed by atoms with van der Waals surface area (Å²) in [5.74, 6) is 3.16. The SMILES string of the molecule is CCNC(=NCCCc1c(C)noc1C)N1CCSC(C)(C)C1. The molecule has 0 atom stereocenters. The number of hydrogen-bond acceptors (Lipinski definition) is 4. The van der Waals surface area contributed by atoms with Crippen LogP contribution in [0.15, 0.2) is 9.52 Å². The molecule has 0 unspecified atom stereocenters. The molecular formula is C17H30N4OS. The van der Waals surface area contributed by atoms with Gasteiger partial charge in [0, 0.05) is 42.2 Å². The highest BCUT2D eigenvalue weighted by molar-refractivity contribution is 8.00. The van der Waals surface area contributed by atoms with Gasteiger partial charge in [0.15, 0.2) is 5.96 Å². The van der Waals surface area contributed by atoms with Crippen LogP contribution in [0.25, 0.3) is 0 Å². The van der Waals surface area contributed by atoms with Crippen LogP contribution < -0.4 is 5.32 Å². The maximum absolute atomic E-state index is 5.22. The van der Waals surface area contributed by atoms with Gasteiger partial charge in [-0.1, -0.05) is 5.16 Å². The Balaban J connectivity index is 1.91. The molecule has 1 aliphatic rings. The van der Waals surface area contributed by atoms with Gasteiger partial charge < -0.3 is 14.7 Å². The number of thioether (sulfide) groups is 1. The Morgan fingerprint density at radius 3 is 2.83 bits per heavy atom. The van der Waals surface area contributed by atoms with Crippen LogP contribution in [0.2, 0.25) is 0 Å². The highest BCUT2D eigenvalue weighted by Crippen LogP contribution is 2.29.